The van der Waals surface area contributed by atoms with Crippen LogP contribution in [-0.4, -0.2) is 23.4 Å². The summed E-state index contributed by atoms with van der Waals surface area (Å²) in [6.07, 6.45) is -8.37. The Balaban J connectivity index is 1.33. The molecule has 2 aliphatic rings. The van der Waals surface area contributed by atoms with Gasteiger partial charge >= 0.3 is 18.3 Å². The summed E-state index contributed by atoms with van der Waals surface area (Å²) in [5, 5.41) is 13.0. The van der Waals surface area contributed by atoms with Gasteiger partial charge in [-0.3, -0.25) is 0 Å². The highest BCUT2D eigenvalue weighted by molar-refractivity contribution is 5.89. The molecule has 2 N–H and O–H groups in total. The zero-order chi connectivity index (χ0) is 27.9. The van der Waals surface area contributed by atoms with E-state index >= 15 is 0 Å². The van der Waals surface area contributed by atoms with Gasteiger partial charge in [-0.25, -0.2) is 4.79 Å². The molecule has 1 saturated carbocycles. The third-order valence-electron chi connectivity index (χ3n) is 7.78. The number of rotatable bonds is 6. The van der Waals surface area contributed by atoms with Gasteiger partial charge < -0.3 is 15.2 Å². The lowest BCUT2D eigenvalue weighted by Crippen LogP contribution is -2.32. The maximum absolute atomic E-state index is 14.2. The van der Waals surface area contributed by atoms with Crippen LogP contribution in [0.15, 0.2) is 48.5 Å². The van der Waals surface area contributed by atoms with E-state index in [1.165, 1.54) is 18.2 Å². The fourth-order valence-corrected chi connectivity index (χ4v) is 5.74. The number of benzene rings is 3. The number of aromatic carboxylic acids is 1. The Morgan fingerprint density at radius 3 is 2.33 bits per heavy atom. The van der Waals surface area contributed by atoms with Crippen LogP contribution < -0.4 is 10.1 Å². The Bertz CT molecular complexity index is 1380. The normalized spacial score (nSPS) is 21.6. The number of fused-ring (bicyclic) bond motifs is 2. The average Bonchev–Trinajstić information content (AvgIpc) is 3.28. The molecule has 0 aromatic heterocycles. The third-order valence-corrected chi connectivity index (χ3v) is 7.78. The van der Waals surface area contributed by atoms with Gasteiger partial charge in [-0.05, 0) is 90.3 Å². The van der Waals surface area contributed by atoms with E-state index in [2.05, 4.69) is 5.32 Å². The van der Waals surface area contributed by atoms with E-state index in [9.17, 15) is 36.2 Å². The quantitative estimate of drug-likeness (QED) is 0.307. The zero-order valence-corrected chi connectivity index (χ0v) is 20.8. The molecule has 0 radical (unpaired) electrons. The summed E-state index contributed by atoms with van der Waals surface area (Å²) in [5.74, 6) is -2.82. The number of aryl methyl sites for hydroxylation is 1. The van der Waals surface area contributed by atoms with Crippen molar-refractivity contribution >= 4 is 16.7 Å². The molecule has 39 heavy (non-hydrogen) atoms. The van der Waals surface area contributed by atoms with Crippen LogP contribution in [0, 0.1) is 5.92 Å². The van der Waals surface area contributed by atoms with Gasteiger partial charge in [-0.15, -0.1) is 0 Å². The molecule has 1 fully saturated rings. The van der Waals surface area contributed by atoms with Gasteiger partial charge in [0.15, 0.2) is 0 Å². The van der Waals surface area contributed by atoms with Crippen LogP contribution in [0.1, 0.15) is 70.8 Å². The average molecular weight is 552 g/mol. The molecule has 0 aliphatic heterocycles. The Morgan fingerprint density at radius 1 is 0.923 bits per heavy atom. The van der Waals surface area contributed by atoms with Crippen molar-refractivity contribution in [1.82, 2.24) is 5.32 Å². The summed E-state index contributed by atoms with van der Waals surface area (Å²) in [5.41, 5.74) is 2.03. The van der Waals surface area contributed by atoms with E-state index < -0.39 is 35.9 Å². The summed E-state index contributed by atoms with van der Waals surface area (Å²) >= 11 is 0. The highest BCUT2D eigenvalue weighted by Gasteiger charge is 2.42. The maximum Gasteiger partial charge on any atom is 0.420 e. The van der Waals surface area contributed by atoms with Gasteiger partial charge in [0.2, 0.25) is 0 Å². The van der Waals surface area contributed by atoms with Crippen LogP contribution in [0.5, 0.6) is 5.75 Å². The zero-order valence-electron chi connectivity index (χ0n) is 20.8. The molecule has 3 aromatic rings. The number of hydrogen-bond acceptors (Lipinski definition) is 3. The largest absolute Gasteiger partial charge is 0.490 e. The minimum atomic E-state index is -4.72. The van der Waals surface area contributed by atoms with Gasteiger partial charge in [0.25, 0.3) is 0 Å². The molecule has 10 heteroatoms. The number of ether oxygens (including phenoxy) is 1. The van der Waals surface area contributed by atoms with Crippen molar-refractivity contribution in [2.75, 3.05) is 0 Å². The molecule has 4 nitrogen and oxygen atoms in total. The van der Waals surface area contributed by atoms with Crippen molar-refractivity contribution in [2.24, 2.45) is 5.92 Å². The lowest BCUT2D eigenvalue weighted by atomic mass is 9.87. The summed E-state index contributed by atoms with van der Waals surface area (Å²) < 4.78 is 87.0. The summed E-state index contributed by atoms with van der Waals surface area (Å²) in [6.45, 7) is 0.374. The molecular weight excluding hydrogens is 524 g/mol. The summed E-state index contributed by atoms with van der Waals surface area (Å²) in [7, 11) is 0. The first-order valence-electron chi connectivity index (χ1n) is 12.9. The van der Waals surface area contributed by atoms with Crippen LogP contribution in [0.2, 0.25) is 0 Å². The summed E-state index contributed by atoms with van der Waals surface area (Å²) in [4.78, 5) is 11.3. The van der Waals surface area contributed by atoms with Crippen LogP contribution in [0.25, 0.3) is 10.8 Å². The molecule has 208 valence electrons. The smallest absolute Gasteiger partial charge is 0.420 e. The Labute approximate surface area is 221 Å². The van der Waals surface area contributed by atoms with Crippen molar-refractivity contribution < 1.29 is 41.0 Å². The van der Waals surface area contributed by atoms with Crippen LogP contribution >= 0.6 is 0 Å². The lowest BCUT2D eigenvalue weighted by molar-refractivity contribution is -0.185. The number of hydrogen-bond donors (Lipinski definition) is 2. The summed E-state index contributed by atoms with van der Waals surface area (Å²) in [6, 6.07) is 12.4. The molecule has 1 atom stereocenters. The van der Waals surface area contributed by atoms with Crippen molar-refractivity contribution in [1.29, 1.82) is 0 Å². The fourth-order valence-electron chi connectivity index (χ4n) is 5.74. The van der Waals surface area contributed by atoms with E-state index in [4.69, 9.17) is 4.74 Å². The standard InChI is InChI=1S/C29H27F6NO3/c30-28(31,32)20-6-8-21(9-7-20)39-25-12-5-18-13-16(1-10-22(18)26(25)29(33,34)35)15-36-24-11-4-17-2-3-19(27(37)38)14-23(17)24/h1-3,5,10,12-14,20-21,24,36H,4,6-9,11,15H2,(H,37,38). The van der Waals surface area contributed by atoms with E-state index in [1.807, 2.05) is 6.07 Å². The first-order chi connectivity index (χ1) is 18.4. The Hall–Kier alpha value is -3.27. The van der Waals surface area contributed by atoms with Gasteiger partial charge in [0, 0.05) is 12.6 Å². The predicted octanol–water partition coefficient (Wildman–Crippen LogP) is 7.83. The fraction of sp³-hybridized carbons (Fsp3) is 0.414. The number of alkyl halides is 6. The number of carbonyl (C=O) groups is 1. The van der Waals surface area contributed by atoms with Gasteiger partial charge in [-0.1, -0.05) is 24.3 Å². The molecule has 2 aliphatic carbocycles. The maximum atomic E-state index is 14.2. The lowest BCUT2D eigenvalue weighted by Gasteiger charge is -2.31. The second kappa shape index (κ2) is 10.4. The number of carboxylic acid groups (broad SMARTS) is 1. The van der Waals surface area contributed by atoms with E-state index in [1.54, 1.807) is 24.3 Å². The second-order valence-corrected chi connectivity index (χ2v) is 10.3. The van der Waals surface area contributed by atoms with Crippen molar-refractivity contribution in [3.63, 3.8) is 0 Å². The number of carboxylic acids is 1. The molecule has 0 spiro atoms. The van der Waals surface area contributed by atoms with Crippen LogP contribution in [0.3, 0.4) is 0 Å². The molecule has 0 bridgehead atoms. The van der Waals surface area contributed by atoms with Crippen molar-refractivity contribution in [3.8, 4) is 5.75 Å². The van der Waals surface area contributed by atoms with Gasteiger partial charge in [-0.2, -0.15) is 26.3 Å². The van der Waals surface area contributed by atoms with Crippen molar-refractivity contribution in [3.05, 3.63) is 76.3 Å². The first kappa shape index (κ1) is 27.3. The van der Waals surface area contributed by atoms with Crippen molar-refractivity contribution in [2.45, 2.75) is 69.6 Å². The topological polar surface area (TPSA) is 58.6 Å². The SMILES string of the molecule is O=C(O)c1ccc2c(c1)C(NCc1ccc3c(C(F)(F)F)c(OC4CCC(C(F)(F)F)CC4)ccc3c1)CC2. The minimum Gasteiger partial charge on any atom is -0.490 e. The first-order valence-corrected chi connectivity index (χ1v) is 12.9. The molecular formula is C29H27F6NO3. The Kier molecular flexibility index (Phi) is 7.26. The van der Waals surface area contributed by atoms with E-state index in [0.717, 1.165) is 29.5 Å². The molecule has 0 heterocycles. The molecule has 5 rings (SSSR count). The molecule has 1 unspecified atom stereocenters. The number of halogens is 6. The highest BCUT2D eigenvalue weighted by Crippen LogP contribution is 2.44. The molecule has 0 saturated heterocycles. The highest BCUT2D eigenvalue weighted by atomic mass is 19.4. The van der Waals surface area contributed by atoms with Crippen LogP contribution in [0.4, 0.5) is 26.3 Å². The second-order valence-electron chi connectivity index (χ2n) is 10.3. The predicted molar refractivity (Wildman–Crippen MR) is 133 cm³/mol. The van der Waals surface area contributed by atoms with E-state index in [0.29, 0.717) is 11.9 Å². The monoisotopic (exact) mass is 551 g/mol. The Morgan fingerprint density at radius 2 is 1.67 bits per heavy atom. The number of nitrogens with one attached hydrogen (secondary N) is 1. The van der Waals surface area contributed by atoms with E-state index in [-0.39, 0.29) is 48.4 Å². The third kappa shape index (κ3) is 5.85. The minimum absolute atomic E-state index is 0.0370. The molecule has 0 amide bonds. The van der Waals surface area contributed by atoms with Gasteiger partial charge in [0.1, 0.15) is 11.3 Å². The molecule has 3 aromatic carbocycles. The van der Waals surface area contributed by atoms with Gasteiger partial charge in [0.05, 0.1) is 17.6 Å². The van der Waals surface area contributed by atoms with Crippen LogP contribution in [-0.2, 0) is 19.1 Å².